The molecule has 3 nitrogen and oxygen atoms in total. The highest BCUT2D eigenvalue weighted by Crippen LogP contribution is 2.23. The van der Waals surface area contributed by atoms with Gasteiger partial charge in [-0.3, -0.25) is 4.98 Å². The molecule has 0 amide bonds. The topological polar surface area (TPSA) is 39.2 Å². The highest BCUT2D eigenvalue weighted by atomic mass is 32.1. The van der Waals surface area contributed by atoms with Crippen molar-refractivity contribution in [2.45, 2.75) is 26.9 Å². The van der Waals surface area contributed by atoms with Crippen LogP contribution in [-0.2, 0) is 17.8 Å². The summed E-state index contributed by atoms with van der Waals surface area (Å²) in [7, 11) is 0. The van der Waals surface area contributed by atoms with E-state index in [-0.39, 0.29) is 12.6 Å². The van der Waals surface area contributed by atoms with E-state index in [1.54, 1.807) is 6.20 Å². The number of carbonyl (C=O) groups is 1. The highest BCUT2D eigenvalue weighted by Gasteiger charge is 2.13. The average Bonchev–Trinajstić information content (AvgIpc) is 2.78. The van der Waals surface area contributed by atoms with E-state index in [4.69, 9.17) is 4.74 Å². The number of carbonyl (C=O) groups excluding carboxylic acids is 1. The molecule has 0 fully saturated rings. The van der Waals surface area contributed by atoms with Gasteiger partial charge in [0.15, 0.2) is 0 Å². The number of nitrogens with zero attached hydrogens (tertiary/aromatic N) is 1. The van der Waals surface area contributed by atoms with Gasteiger partial charge in [-0.25, -0.2) is 4.79 Å². The van der Waals surface area contributed by atoms with E-state index in [1.165, 1.54) is 16.2 Å². The molecule has 0 aliphatic heterocycles. The van der Waals surface area contributed by atoms with Crippen LogP contribution in [0.3, 0.4) is 0 Å². The Balaban J connectivity index is 1.99. The number of esters is 1. The first-order chi connectivity index (χ1) is 8.70. The van der Waals surface area contributed by atoms with Crippen LogP contribution in [0.1, 0.15) is 32.7 Å². The molecular weight excluding hydrogens is 246 g/mol. The summed E-state index contributed by atoms with van der Waals surface area (Å²) >= 11 is 1.51. The molecule has 0 spiro atoms. The van der Waals surface area contributed by atoms with Gasteiger partial charge in [-0.2, -0.15) is 0 Å². The van der Waals surface area contributed by atoms with Crippen molar-refractivity contribution in [3.63, 3.8) is 0 Å². The summed E-state index contributed by atoms with van der Waals surface area (Å²) in [5.74, 6) is -0.270. The number of aryl methyl sites for hydroxylation is 2. The van der Waals surface area contributed by atoms with Crippen molar-refractivity contribution in [3.8, 4) is 0 Å². The minimum absolute atomic E-state index is 0.220. The fourth-order valence-corrected chi connectivity index (χ4v) is 2.67. The van der Waals surface area contributed by atoms with Crippen LogP contribution in [0.2, 0.25) is 0 Å². The Bertz CT molecular complexity index is 534. The van der Waals surface area contributed by atoms with Crippen molar-refractivity contribution >= 4 is 17.3 Å². The largest absolute Gasteiger partial charge is 0.455 e. The summed E-state index contributed by atoms with van der Waals surface area (Å²) in [6.07, 6.45) is 2.64. The lowest BCUT2D eigenvalue weighted by Gasteiger charge is -2.01. The predicted octanol–water partition coefficient (Wildman–Crippen LogP) is 3.37. The van der Waals surface area contributed by atoms with E-state index in [1.807, 2.05) is 31.2 Å². The lowest BCUT2D eigenvalue weighted by Crippen LogP contribution is -2.04. The van der Waals surface area contributed by atoms with Crippen molar-refractivity contribution in [1.29, 1.82) is 0 Å². The van der Waals surface area contributed by atoms with Crippen LogP contribution in [0.15, 0.2) is 30.5 Å². The maximum atomic E-state index is 11.9. The van der Waals surface area contributed by atoms with Gasteiger partial charge in [0.1, 0.15) is 11.5 Å². The molecule has 0 bridgehead atoms. The van der Waals surface area contributed by atoms with E-state index in [0.717, 1.165) is 17.7 Å². The van der Waals surface area contributed by atoms with Gasteiger partial charge < -0.3 is 4.74 Å². The number of thiophene rings is 1. The third-order valence-corrected chi connectivity index (χ3v) is 3.98. The van der Waals surface area contributed by atoms with Crippen LogP contribution in [0.5, 0.6) is 0 Å². The summed E-state index contributed by atoms with van der Waals surface area (Å²) in [5, 5.41) is 0. The summed E-state index contributed by atoms with van der Waals surface area (Å²) in [5.41, 5.74) is 1.92. The van der Waals surface area contributed by atoms with Crippen LogP contribution < -0.4 is 0 Å². The maximum Gasteiger partial charge on any atom is 0.348 e. The van der Waals surface area contributed by atoms with E-state index < -0.39 is 0 Å². The molecule has 0 aliphatic carbocycles. The fraction of sp³-hybridized carbons (Fsp3) is 0.286. The monoisotopic (exact) mass is 261 g/mol. The first kappa shape index (κ1) is 12.8. The number of aromatic nitrogens is 1. The van der Waals surface area contributed by atoms with Crippen molar-refractivity contribution in [3.05, 3.63) is 51.5 Å². The maximum absolute atomic E-state index is 11.9. The molecule has 0 atom stereocenters. The van der Waals surface area contributed by atoms with E-state index in [2.05, 4.69) is 11.9 Å². The van der Waals surface area contributed by atoms with Gasteiger partial charge in [0.2, 0.25) is 0 Å². The lowest BCUT2D eigenvalue weighted by molar-refractivity contribution is 0.0473. The molecule has 4 heteroatoms. The SMILES string of the molecule is CCc1sc(C(=O)OCc2ccccn2)cc1C. The first-order valence-corrected chi connectivity index (χ1v) is 6.68. The zero-order chi connectivity index (χ0) is 13.0. The van der Waals surface area contributed by atoms with Crippen LogP contribution >= 0.6 is 11.3 Å². The Hall–Kier alpha value is -1.68. The van der Waals surface area contributed by atoms with Gasteiger partial charge in [-0.1, -0.05) is 13.0 Å². The summed E-state index contributed by atoms with van der Waals surface area (Å²) in [6, 6.07) is 7.44. The molecule has 2 rings (SSSR count). The third kappa shape index (κ3) is 2.96. The lowest BCUT2D eigenvalue weighted by atomic mass is 10.2. The predicted molar refractivity (Wildman–Crippen MR) is 71.8 cm³/mol. The molecule has 0 saturated carbocycles. The number of rotatable bonds is 4. The van der Waals surface area contributed by atoms with E-state index in [0.29, 0.717) is 4.88 Å². The molecule has 2 aromatic heterocycles. The number of hydrogen-bond acceptors (Lipinski definition) is 4. The van der Waals surface area contributed by atoms with Gasteiger partial charge in [0.05, 0.1) is 5.69 Å². The molecule has 0 unspecified atom stereocenters. The Kier molecular flexibility index (Phi) is 4.10. The highest BCUT2D eigenvalue weighted by molar-refractivity contribution is 7.14. The smallest absolute Gasteiger partial charge is 0.348 e. The van der Waals surface area contributed by atoms with Crippen LogP contribution in [0, 0.1) is 6.92 Å². The molecule has 0 N–H and O–H groups in total. The van der Waals surface area contributed by atoms with Gasteiger partial charge in [0, 0.05) is 11.1 Å². The second-order valence-corrected chi connectivity index (χ2v) is 5.10. The van der Waals surface area contributed by atoms with Crippen molar-refractivity contribution in [2.24, 2.45) is 0 Å². The Labute approximate surface area is 110 Å². The van der Waals surface area contributed by atoms with Crippen molar-refractivity contribution < 1.29 is 9.53 Å². The average molecular weight is 261 g/mol. The van der Waals surface area contributed by atoms with Gasteiger partial charge >= 0.3 is 5.97 Å². The Morgan fingerprint density at radius 2 is 2.28 bits per heavy atom. The number of pyridine rings is 1. The van der Waals surface area contributed by atoms with Crippen LogP contribution in [0.4, 0.5) is 0 Å². The number of hydrogen-bond donors (Lipinski definition) is 0. The minimum atomic E-state index is -0.270. The molecule has 18 heavy (non-hydrogen) atoms. The second kappa shape index (κ2) is 5.78. The number of ether oxygens (including phenoxy) is 1. The molecule has 0 radical (unpaired) electrons. The van der Waals surface area contributed by atoms with Gasteiger partial charge in [-0.05, 0) is 37.1 Å². The molecule has 0 aliphatic rings. The van der Waals surface area contributed by atoms with Gasteiger partial charge in [0.25, 0.3) is 0 Å². The Morgan fingerprint density at radius 3 is 2.89 bits per heavy atom. The summed E-state index contributed by atoms with van der Waals surface area (Å²) < 4.78 is 5.24. The van der Waals surface area contributed by atoms with Crippen molar-refractivity contribution in [1.82, 2.24) is 4.98 Å². The first-order valence-electron chi connectivity index (χ1n) is 5.87. The zero-order valence-electron chi connectivity index (χ0n) is 10.5. The van der Waals surface area contributed by atoms with Crippen molar-refractivity contribution in [2.75, 3.05) is 0 Å². The minimum Gasteiger partial charge on any atom is -0.455 e. The molecule has 2 heterocycles. The summed E-state index contributed by atoms with van der Waals surface area (Å²) in [6.45, 7) is 4.32. The normalized spacial score (nSPS) is 10.3. The molecule has 0 saturated heterocycles. The van der Waals surface area contributed by atoms with E-state index in [9.17, 15) is 4.79 Å². The second-order valence-electron chi connectivity index (χ2n) is 3.97. The zero-order valence-corrected chi connectivity index (χ0v) is 11.3. The molecule has 94 valence electrons. The molecule has 2 aromatic rings. The fourth-order valence-electron chi connectivity index (χ4n) is 1.67. The third-order valence-electron chi connectivity index (χ3n) is 2.62. The van der Waals surface area contributed by atoms with Crippen LogP contribution in [-0.4, -0.2) is 11.0 Å². The molecule has 0 aromatic carbocycles. The summed E-state index contributed by atoms with van der Waals surface area (Å²) in [4.78, 5) is 17.9. The quantitative estimate of drug-likeness (QED) is 0.792. The van der Waals surface area contributed by atoms with Gasteiger partial charge in [-0.15, -0.1) is 11.3 Å². The molecular formula is C14H15NO2S. The Morgan fingerprint density at radius 1 is 1.44 bits per heavy atom. The standard InChI is InChI=1S/C14H15NO2S/c1-3-12-10(2)8-13(18-12)14(16)17-9-11-6-4-5-7-15-11/h4-8H,3,9H2,1-2H3. The van der Waals surface area contributed by atoms with Crippen LogP contribution in [0.25, 0.3) is 0 Å². The van der Waals surface area contributed by atoms with E-state index >= 15 is 0 Å².